The summed E-state index contributed by atoms with van der Waals surface area (Å²) in [5.41, 5.74) is -1.44. The summed E-state index contributed by atoms with van der Waals surface area (Å²) in [4.78, 5) is 13.8. The molecule has 2 aromatic rings. The SMILES string of the molecule is CC1(O)[C@@H](O)[C@@H](COP2(=O)OCc3ccccc3O2)O[C@H]1n1ccc(=O)[nH]c1=S. The third-order valence-electron chi connectivity index (χ3n) is 4.82. The topological polar surface area (TPSA) is 132 Å². The minimum absolute atomic E-state index is 0.0138. The molecule has 156 valence electrons. The van der Waals surface area contributed by atoms with E-state index in [2.05, 4.69) is 4.98 Å². The van der Waals surface area contributed by atoms with E-state index in [0.717, 1.165) is 5.56 Å². The molecule has 2 unspecified atom stereocenters. The van der Waals surface area contributed by atoms with Gasteiger partial charge >= 0.3 is 7.82 Å². The van der Waals surface area contributed by atoms with E-state index in [4.69, 9.17) is 30.5 Å². The second-order valence-electron chi connectivity index (χ2n) is 6.93. The number of nitrogens with zero attached hydrogens (tertiary/aromatic N) is 1. The van der Waals surface area contributed by atoms with E-state index in [9.17, 15) is 19.6 Å². The van der Waals surface area contributed by atoms with Crippen LogP contribution in [0.25, 0.3) is 0 Å². The van der Waals surface area contributed by atoms with Crippen molar-refractivity contribution < 1.29 is 33.1 Å². The maximum Gasteiger partial charge on any atom is 0.530 e. The Bertz CT molecular complexity index is 1080. The highest BCUT2D eigenvalue weighted by atomic mass is 32.1. The number of aliphatic hydroxyl groups is 2. The summed E-state index contributed by atoms with van der Waals surface area (Å²) >= 11 is 5.10. The van der Waals surface area contributed by atoms with Crippen LogP contribution in [0.3, 0.4) is 0 Å². The molecule has 29 heavy (non-hydrogen) atoms. The van der Waals surface area contributed by atoms with E-state index in [-0.39, 0.29) is 18.0 Å². The number of aliphatic hydroxyl groups excluding tert-OH is 1. The van der Waals surface area contributed by atoms with E-state index >= 15 is 0 Å². The van der Waals surface area contributed by atoms with E-state index < -0.39 is 37.4 Å². The van der Waals surface area contributed by atoms with Crippen LogP contribution in [0.15, 0.2) is 41.3 Å². The number of hydrogen-bond acceptors (Lipinski definition) is 9. The highest BCUT2D eigenvalue weighted by Crippen LogP contribution is 2.55. The van der Waals surface area contributed by atoms with Gasteiger partial charge < -0.3 is 19.5 Å². The largest absolute Gasteiger partial charge is 0.530 e. The highest BCUT2D eigenvalue weighted by Gasteiger charge is 2.54. The Labute approximate surface area is 170 Å². The third kappa shape index (κ3) is 3.82. The van der Waals surface area contributed by atoms with E-state index in [1.54, 1.807) is 24.3 Å². The fourth-order valence-corrected chi connectivity index (χ4v) is 4.71. The van der Waals surface area contributed by atoms with Gasteiger partial charge in [-0.25, -0.2) is 4.57 Å². The first kappa shape index (κ1) is 20.4. The molecule has 0 saturated carbocycles. The lowest BCUT2D eigenvalue weighted by Gasteiger charge is -2.28. The van der Waals surface area contributed by atoms with Crippen LogP contribution in [0.2, 0.25) is 0 Å². The van der Waals surface area contributed by atoms with Crippen LogP contribution in [0.4, 0.5) is 0 Å². The summed E-state index contributed by atoms with van der Waals surface area (Å²) in [6.07, 6.45) is -2.21. The van der Waals surface area contributed by atoms with Crippen LogP contribution < -0.4 is 10.1 Å². The summed E-state index contributed by atoms with van der Waals surface area (Å²) < 4.78 is 35.7. The molecule has 0 amide bonds. The van der Waals surface area contributed by atoms with Gasteiger partial charge in [-0.1, -0.05) is 18.2 Å². The van der Waals surface area contributed by atoms with Crippen molar-refractivity contribution in [3.8, 4) is 5.75 Å². The first-order valence-electron chi connectivity index (χ1n) is 8.74. The van der Waals surface area contributed by atoms with Gasteiger partial charge in [-0.05, 0) is 25.2 Å². The summed E-state index contributed by atoms with van der Waals surface area (Å²) in [5.74, 6) is 0.388. The van der Waals surface area contributed by atoms with Gasteiger partial charge in [-0.2, -0.15) is 0 Å². The molecule has 2 aliphatic rings. The van der Waals surface area contributed by atoms with Crippen LogP contribution in [0, 0.1) is 4.77 Å². The molecular formula is C17H19N2O8PS. The molecule has 0 radical (unpaired) electrons. The molecule has 3 heterocycles. The summed E-state index contributed by atoms with van der Waals surface area (Å²) in [6.45, 7) is 1.04. The Balaban J connectivity index is 1.49. The van der Waals surface area contributed by atoms with Gasteiger partial charge in [0.2, 0.25) is 0 Å². The lowest BCUT2D eigenvalue weighted by molar-refractivity contribution is -0.0978. The Morgan fingerprint density at radius 1 is 1.41 bits per heavy atom. The van der Waals surface area contributed by atoms with Gasteiger partial charge in [0.25, 0.3) is 5.56 Å². The van der Waals surface area contributed by atoms with E-state index in [1.807, 2.05) is 0 Å². The van der Waals surface area contributed by atoms with Gasteiger partial charge in [0.15, 0.2) is 11.0 Å². The minimum atomic E-state index is -3.92. The first-order chi connectivity index (χ1) is 13.7. The quantitative estimate of drug-likeness (QED) is 0.478. The first-order valence-corrected chi connectivity index (χ1v) is 10.6. The van der Waals surface area contributed by atoms with Gasteiger partial charge in [0.1, 0.15) is 23.6 Å². The van der Waals surface area contributed by atoms with Crippen molar-refractivity contribution in [2.24, 2.45) is 0 Å². The van der Waals surface area contributed by atoms with Gasteiger partial charge in [0, 0.05) is 17.8 Å². The average Bonchev–Trinajstić information content (AvgIpc) is 2.90. The number of nitrogens with one attached hydrogen (secondary N) is 1. The summed E-state index contributed by atoms with van der Waals surface area (Å²) in [5, 5.41) is 21.3. The molecule has 3 N–H and O–H groups in total. The second kappa shape index (κ2) is 7.44. The maximum atomic E-state index is 12.7. The molecule has 10 nitrogen and oxygen atoms in total. The zero-order chi connectivity index (χ0) is 20.8. The number of aromatic nitrogens is 2. The summed E-state index contributed by atoms with van der Waals surface area (Å²) in [7, 11) is -3.92. The van der Waals surface area contributed by atoms with Crippen LogP contribution >= 0.6 is 20.0 Å². The molecule has 1 fully saturated rings. The molecule has 4 rings (SSSR count). The standard InChI is InChI=1S/C17H19N2O8PS/c1-17(22)14(21)12(26-15(17)19-7-6-13(20)18-16(19)29)9-25-28(23)24-8-10-4-2-3-5-11(10)27-28/h2-7,12,14-15,21-22H,8-9H2,1H3,(H,18,20,29)/t12-,14+,15-,17?,28?/m1/s1. The van der Waals surface area contributed by atoms with Gasteiger partial charge in [-0.3, -0.25) is 23.4 Å². The number of phosphoric ester groups is 1. The number of ether oxygens (including phenoxy) is 1. The number of hydrogen-bond donors (Lipinski definition) is 3. The molecule has 1 aromatic carbocycles. The Morgan fingerprint density at radius 2 is 2.17 bits per heavy atom. The fraction of sp³-hybridized carbons (Fsp3) is 0.412. The minimum Gasteiger partial charge on any atom is -0.404 e. The Hall–Kier alpha value is -1.85. The van der Waals surface area contributed by atoms with Gasteiger partial charge in [0.05, 0.1) is 13.2 Å². The van der Waals surface area contributed by atoms with Crippen LogP contribution in [0.1, 0.15) is 18.7 Å². The molecule has 2 aliphatic heterocycles. The molecule has 0 bridgehead atoms. The number of benzene rings is 1. The fourth-order valence-electron chi connectivity index (χ4n) is 3.23. The Morgan fingerprint density at radius 3 is 2.93 bits per heavy atom. The number of fused-ring (bicyclic) bond motifs is 1. The molecule has 0 aliphatic carbocycles. The Kier molecular flexibility index (Phi) is 5.24. The van der Waals surface area contributed by atoms with Crippen molar-refractivity contribution in [1.82, 2.24) is 9.55 Å². The zero-order valence-corrected chi connectivity index (χ0v) is 17.0. The highest BCUT2D eigenvalue weighted by molar-refractivity contribution is 7.71. The predicted molar refractivity (Wildman–Crippen MR) is 102 cm³/mol. The number of aromatic amines is 1. The third-order valence-corrected chi connectivity index (χ3v) is 6.46. The molecular weight excluding hydrogens is 423 g/mol. The number of para-hydroxylation sites is 1. The second-order valence-corrected chi connectivity index (χ2v) is 8.91. The lowest BCUT2D eigenvalue weighted by Crippen LogP contribution is -2.44. The lowest BCUT2D eigenvalue weighted by atomic mass is 9.96. The van der Waals surface area contributed by atoms with Crippen LogP contribution in [0.5, 0.6) is 5.75 Å². The van der Waals surface area contributed by atoms with Crippen LogP contribution in [-0.4, -0.2) is 44.2 Å². The molecule has 1 aromatic heterocycles. The summed E-state index contributed by atoms with van der Waals surface area (Å²) in [6, 6.07) is 8.17. The van der Waals surface area contributed by atoms with Crippen LogP contribution in [-0.2, 0) is 25.0 Å². The van der Waals surface area contributed by atoms with Crippen molar-refractivity contribution in [1.29, 1.82) is 0 Å². The van der Waals surface area contributed by atoms with Crippen molar-refractivity contribution in [2.75, 3.05) is 6.61 Å². The van der Waals surface area contributed by atoms with E-state index in [1.165, 1.54) is 23.8 Å². The number of H-pyrrole nitrogens is 1. The normalized spacial score (nSPS) is 33.8. The predicted octanol–water partition coefficient (Wildman–Crippen LogP) is 1.65. The molecule has 0 spiro atoms. The zero-order valence-electron chi connectivity index (χ0n) is 15.3. The smallest absolute Gasteiger partial charge is 0.404 e. The average molecular weight is 442 g/mol. The number of rotatable bonds is 4. The van der Waals surface area contributed by atoms with E-state index in [0.29, 0.717) is 5.75 Å². The molecule has 5 atom stereocenters. The molecule has 1 saturated heterocycles. The van der Waals surface area contributed by atoms with Crippen molar-refractivity contribution in [3.63, 3.8) is 0 Å². The van der Waals surface area contributed by atoms with Crippen molar-refractivity contribution in [2.45, 2.75) is 37.6 Å². The van der Waals surface area contributed by atoms with Crippen molar-refractivity contribution >= 4 is 20.0 Å². The van der Waals surface area contributed by atoms with Gasteiger partial charge in [-0.15, -0.1) is 0 Å². The number of phosphoric acid groups is 1. The molecule has 12 heteroatoms. The van der Waals surface area contributed by atoms with Crippen molar-refractivity contribution in [3.05, 3.63) is 57.2 Å². The monoisotopic (exact) mass is 442 g/mol. The maximum absolute atomic E-state index is 12.7.